The first kappa shape index (κ1) is 16.1. The molecule has 1 N–H and O–H groups in total. The molecule has 5 heteroatoms. The summed E-state index contributed by atoms with van der Waals surface area (Å²) in [4.78, 5) is 28.3. The molecule has 0 radical (unpaired) electrons. The van der Waals surface area contributed by atoms with Crippen molar-refractivity contribution in [1.29, 1.82) is 0 Å². The molecular weight excluding hydrogens is 266 g/mol. The quantitative estimate of drug-likeness (QED) is 0.848. The summed E-state index contributed by atoms with van der Waals surface area (Å²) >= 11 is 0. The van der Waals surface area contributed by atoms with Crippen LogP contribution in [0, 0.1) is 11.8 Å². The zero-order valence-electron chi connectivity index (χ0n) is 13.6. The third kappa shape index (κ3) is 4.35. The summed E-state index contributed by atoms with van der Waals surface area (Å²) in [6.07, 6.45) is 3.86. The van der Waals surface area contributed by atoms with Gasteiger partial charge in [0.1, 0.15) is 0 Å². The Hall–Kier alpha value is -1.26. The predicted octanol–water partition coefficient (Wildman–Crippen LogP) is 2.07. The zero-order valence-corrected chi connectivity index (χ0v) is 13.6. The van der Waals surface area contributed by atoms with Crippen LogP contribution in [-0.2, 0) is 4.79 Å². The van der Waals surface area contributed by atoms with Gasteiger partial charge in [0.25, 0.3) is 0 Å². The lowest BCUT2D eigenvalue weighted by Crippen LogP contribution is -2.49. The SMILES string of the molecule is CC1CCN(C(=O)C2CCN(C(=O)NC(C)C)CC2)CC1. The van der Waals surface area contributed by atoms with E-state index in [2.05, 4.69) is 12.2 Å². The Morgan fingerprint density at radius 2 is 1.48 bits per heavy atom. The minimum atomic E-state index is 0.00250. The summed E-state index contributed by atoms with van der Waals surface area (Å²) in [6, 6.07) is 0.162. The van der Waals surface area contributed by atoms with Crippen LogP contribution in [0.3, 0.4) is 0 Å². The third-order valence-electron chi connectivity index (χ3n) is 4.64. The number of nitrogens with one attached hydrogen (secondary N) is 1. The normalized spacial score (nSPS) is 21.7. The summed E-state index contributed by atoms with van der Waals surface area (Å²) in [5.41, 5.74) is 0. The Labute approximate surface area is 128 Å². The molecule has 0 aromatic carbocycles. The van der Waals surface area contributed by atoms with E-state index in [0.29, 0.717) is 19.0 Å². The Kier molecular flexibility index (Phi) is 5.48. The van der Waals surface area contributed by atoms with E-state index >= 15 is 0 Å². The lowest BCUT2D eigenvalue weighted by atomic mass is 9.93. The van der Waals surface area contributed by atoms with E-state index in [-0.39, 0.29) is 18.0 Å². The molecule has 0 saturated carbocycles. The highest BCUT2D eigenvalue weighted by Crippen LogP contribution is 2.23. The summed E-state index contributed by atoms with van der Waals surface area (Å²) < 4.78 is 0. The molecule has 2 rings (SSSR count). The van der Waals surface area contributed by atoms with Gasteiger partial charge in [0, 0.05) is 38.1 Å². The maximum Gasteiger partial charge on any atom is 0.317 e. The minimum Gasteiger partial charge on any atom is -0.342 e. The smallest absolute Gasteiger partial charge is 0.317 e. The van der Waals surface area contributed by atoms with Gasteiger partial charge in [-0.1, -0.05) is 6.92 Å². The van der Waals surface area contributed by atoms with Crippen LogP contribution in [0.1, 0.15) is 46.5 Å². The van der Waals surface area contributed by atoms with Gasteiger partial charge in [-0.2, -0.15) is 0 Å². The molecule has 2 aliphatic rings. The maximum atomic E-state index is 12.5. The van der Waals surface area contributed by atoms with Crippen LogP contribution >= 0.6 is 0 Å². The molecule has 0 aromatic rings. The van der Waals surface area contributed by atoms with Crippen molar-refractivity contribution in [1.82, 2.24) is 15.1 Å². The second-order valence-electron chi connectivity index (χ2n) is 6.87. The van der Waals surface area contributed by atoms with Crippen molar-refractivity contribution in [2.45, 2.75) is 52.5 Å². The molecule has 2 fully saturated rings. The van der Waals surface area contributed by atoms with Crippen LogP contribution in [0.15, 0.2) is 0 Å². The zero-order chi connectivity index (χ0) is 15.4. The molecule has 2 aliphatic heterocycles. The van der Waals surface area contributed by atoms with Gasteiger partial charge in [-0.3, -0.25) is 4.79 Å². The van der Waals surface area contributed by atoms with E-state index in [4.69, 9.17) is 0 Å². The molecule has 0 aromatic heterocycles. The highest BCUT2D eigenvalue weighted by atomic mass is 16.2. The largest absolute Gasteiger partial charge is 0.342 e. The van der Waals surface area contributed by atoms with Crippen LogP contribution < -0.4 is 5.32 Å². The summed E-state index contributed by atoms with van der Waals surface area (Å²) in [6.45, 7) is 9.39. The van der Waals surface area contributed by atoms with Crippen molar-refractivity contribution in [3.8, 4) is 0 Å². The van der Waals surface area contributed by atoms with Crippen molar-refractivity contribution >= 4 is 11.9 Å². The Bertz CT molecular complexity index is 368. The lowest BCUT2D eigenvalue weighted by Gasteiger charge is -2.36. The lowest BCUT2D eigenvalue weighted by molar-refractivity contribution is -0.138. The van der Waals surface area contributed by atoms with Gasteiger partial charge in [0.05, 0.1) is 0 Å². The first-order chi connectivity index (χ1) is 9.97. The van der Waals surface area contributed by atoms with Gasteiger partial charge >= 0.3 is 6.03 Å². The van der Waals surface area contributed by atoms with E-state index in [1.165, 1.54) is 0 Å². The fourth-order valence-corrected chi connectivity index (χ4v) is 3.15. The molecule has 3 amide bonds. The van der Waals surface area contributed by atoms with Gasteiger partial charge in [-0.05, 0) is 45.4 Å². The molecule has 0 aliphatic carbocycles. The Morgan fingerprint density at radius 1 is 0.952 bits per heavy atom. The number of amides is 3. The van der Waals surface area contributed by atoms with Gasteiger partial charge in [-0.15, -0.1) is 0 Å². The monoisotopic (exact) mass is 295 g/mol. The van der Waals surface area contributed by atoms with Crippen molar-refractivity contribution in [3.05, 3.63) is 0 Å². The minimum absolute atomic E-state index is 0.00250. The third-order valence-corrected chi connectivity index (χ3v) is 4.64. The number of hydrogen-bond acceptors (Lipinski definition) is 2. The second-order valence-corrected chi connectivity index (χ2v) is 6.87. The molecule has 21 heavy (non-hydrogen) atoms. The first-order valence-corrected chi connectivity index (χ1v) is 8.31. The number of hydrogen-bond donors (Lipinski definition) is 1. The molecule has 0 unspecified atom stereocenters. The van der Waals surface area contributed by atoms with Crippen LogP contribution in [-0.4, -0.2) is 54.0 Å². The van der Waals surface area contributed by atoms with Crippen molar-refractivity contribution in [2.75, 3.05) is 26.2 Å². The summed E-state index contributed by atoms with van der Waals surface area (Å²) in [7, 11) is 0. The molecule has 5 nitrogen and oxygen atoms in total. The van der Waals surface area contributed by atoms with Crippen LogP contribution in [0.5, 0.6) is 0 Å². The maximum absolute atomic E-state index is 12.5. The Balaban J connectivity index is 1.78. The van der Waals surface area contributed by atoms with E-state index in [9.17, 15) is 9.59 Å². The number of nitrogens with zero attached hydrogens (tertiary/aromatic N) is 2. The average molecular weight is 295 g/mol. The molecule has 2 saturated heterocycles. The molecule has 2 heterocycles. The molecule has 0 bridgehead atoms. The van der Waals surface area contributed by atoms with Gasteiger partial charge in [0.15, 0.2) is 0 Å². The standard InChI is InChI=1S/C16H29N3O2/c1-12(2)17-16(21)19-10-6-14(7-11-19)15(20)18-8-4-13(3)5-9-18/h12-14H,4-11H2,1-3H3,(H,17,21). The van der Waals surface area contributed by atoms with E-state index in [0.717, 1.165) is 44.7 Å². The predicted molar refractivity (Wildman–Crippen MR) is 82.9 cm³/mol. The number of likely N-dealkylation sites (tertiary alicyclic amines) is 2. The van der Waals surface area contributed by atoms with Crippen molar-refractivity contribution in [3.63, 3.8) is 0 Å². The average Bonchev–Trinajstić information content (AvgIpc) is 2.47. The number of carbonyl (C=O) groups is 2. The van der Waals surface area contributed by atoms with Crippen LogP contribution in [0.4, 0.5) is 4.79 Å². The van der Waals surface area contributed by atoms with Crippen LogP contribution in [0.25, 0.3) is 0 Å². The highest BCUT2D eigenvalue weighted by Gasteiger charge is 2.31. The number of carbonyl (C=O) groups excluding carboxylic acids is 2. The number of piperidine rings is 2. The molecule has 0 spiro atoms. The van der Waals surface area contributed by atoms with E-state index in [1.54, 1.807) is 0 Å². The van der Waals surface area contributed by atoms with Gasteiger partial charge in [-0.25, -0.2) is 4.79 Å². The molecule has 120 valence electrons. The number of rotatable bonds is 2. The molecular formula is C16H29N3O2. The van der Waals surface area contributed by atoms with Crippen molar-refractivity contribution in [2.24, 2.45) is 11.8 Å². The number of urea groups is 1. The Morgan fingerprint density at radius 3 is 2.00 bits per heavy atom. The van der Waals surface area contributed by atoms with E-state index < -0.39 is 0 Å². The van der Waals surface area contributed by atoms with E-state index in [1.807, 2.05) is 23.6 Å². The molecule has 0 atom stereocenters. The second kappa shape index (κ2) is 7.14. The fraction of sp³-hybridized carbons (Fsp3) is 0.875. The summed E-state index contributed by atoms with van der Waals surface area (Å²) in [5, 5.41) is 2.92. The topological polar surface area (TPSA) is 52.7 Å². The van der Waals surface area contributed by atoms with Gasteiger partial charge < -0.3 is 15.1 Å². The van der Waals surface area contributed by atoms with Crippen molar-refractivity contribution < 1.29 is 9.59 Å². The first-order valence-electron chi connectivity index (χ1n) is 8.31. The fourth-order valence-electron chi connectivity index (χ4n) is 3.15. The summed E-state index contributed by atoms with van der Waals surface area (Å²) in [5.74, 6) is 1.17. The highest BCUT2D eigenvalue weighted by molar-refractivity contribution is 5.80. The van der Waals surface area contributed by atoms with Crippen LogP contribution in [0.2, 0.25) is 0 Å². The van der Waals surface area contributed by atoms with Gasteiger partial charge in [0.2, 0.25) is 5.91 Å².